The van der Waals surface area contributed by atoms with Crippen LogP contribution in [0.25, 0.3) is 0 Å². The maximum absolute atomic E-state index is 3.60. The van der Waals surface area contributed by atoms with E-state index in [1.807, 2.05) is 11.3 Å². The second-order valence-electron chi connectivity index (χ2n) is 4.94. The Morgan fingerprint density at radius 1 is 1.47 bits per heavy atom. The van der Waals surface area contributed by atoms with E-state index in [9.17, 15) is 0 Å². The number of hydrogen-bond acceptors (Lipinski definition) is 2. The summed E-state index contributed by atoms with van der Waals surface area (Å²) in [5.41, 5.74) is 1.44. The lowest BCUT2D eigenvalue weighted by atomic mass is 10.1. The van der Waals surface area contributed by atoms with Crippen molar-refractivity contribution in [2.45, 2.75) is 39.7 Å². The first-order valence-electron chi connectivity index (χ1n) is 5.99. The molecule has 0 bridgehead atoms. The van der Waals surface area contributed by atoms with Crippen molar-refractivity contribution in [3.63, 3.8) is 0 Å². The highest BCUT2D eigenvalue weighted by Crippen LogP contribution is 2.29. The third-order valence-corrected chi connectivity index (χ3v) is 4.51. The van der Waals surface area contributed by atoms with E-state index in [2.05, 4.69) is 30.6 Å². The first kappa shape index (κ1) is 11.2. The Bertz CT molecular complexity index is 305. The summed E-state index contributed by atoms with van der Waals surface area (Å²) in [6, 6.07) is 2.21. The van der Waals surface area contributed by atoms with Crippen LogP contribution in [0.2, 0.25) is 0 Å². The fourth-order valence-electron chi connectivity index (χ4n) is 2.49. The van der Waals surface area contributed by atoms with E-state index in [0.29, 0.717) is 0 Å². The van der Waals surface area contributed by atoms with Gasteiger partial charge in [0.05, 0.1) is 0 Å². The van der Waals surface area contributed by atoms with Crippen molar-refractivity contribution < 1.29 is 0 Å². The average molecular weight is 223 g/mol. The maximum Gasteiger partial charge on any atom is 0.0302 e. The van der Waals surface area contributed by atoms with Gasteiger partial charge in [-0.15, -0.1) is 11.3 Å². The molecule has 84 valence electrons. The lowest BCUT2D eigenvalue weighted by Crippen LogP contribution is -2.20. The summed E-state index contributed by atoms with van der Waals surface area (Å²) in [5.74, 6) is 1.89. The molecule has 0 amide bonds. The fourth-order valence-corrected chi connectivity index (χ4v) is 3.36. The normalized spacial score (nSPS) is 26.0. The highest BCUT2D eigenvalue weighted by atomic mass is 32.1. The molecule has 0 aliphatic heterocycles. The quantitative estimate of drug-likeness (QED) is 0.822. The molecular formula is C13H21NS. The summed E-state index contributed by atoms with van der Waals surface area (Å²) in [6.45, 7) is 6.85. The van der Waals surface area contributed by atoms with Crippen LogP contribution in [0.1, 0.15) is 36.6 Å². The van der Waals surface area contributed by atoms with E-state index in [-0.39, 0.29) is 0 Å². The molecule has 1 heterocycles. The molecule has 2 rings (SSSR count). The predicted octanol–water partition coefficient (Wildman–Crippen LogP) is 3.58. The Morgan fingerprint density at radius 3 is 2.93 bits per heavy atom. The van der Waals surface area contributed by atoms with Crippen LogP contribution in [0.4, 0.5) is 0 Å². The zero-order chi connectivity index (χ0) is 10.7. The SMILES string of the molecule is Cc1ccsc1CNCC1CCC(C)C1. The number of hydrogen-bond donors (Lipinski definition) is 1. The summed E-state index contributed by atoms with van der Waals surface area (Å²) in [4.78, 5) is 1.50. The molecule has 1 nitrogen and oxygen atoms in total. The van der Waals surface area contributed by atoms with Crippen molar-refractivity contribution in [2.75, 3.05) is 6.54 Å². The topological polar surface area (TPSA) is 12.0 Å². The van der Waals surface area contributed by atoms with Gasteiger partial charge in [0.1, 0.15) is 0 Å². The Kier molecular flexibility index (Phi) is 3.81. The molecule has 1 fully saturated rings. The molecular weight excluding hydrogens is 202 g/mol. The van der Waals surface area contributed by atoms with E-state index in [1.165, 1.54) is 36.2 Å². The molecule has 0 aromatic carbocycles. The standard InChI is InChI=1S/C13H21NS/c1-10-3-4-12(7-10)8-14-9-13-11(2)5-6-15-13/h5-6,10,12,14H,3-4,7-9H2,1-2H3. The number of aryl methyl sites for hydroxylation is 1. The molecule has 1 saturated carbocycles. The zero-order valence-electron chi connectivity index (χ0n) is 9.75. The van der Waals surface area contributed by atoms with Crippen molar-refractivity contribution in [1.82, 2.24) is 5.32 Å². The molecule has 0 radical (unpaired) electrons. The van der Waals surface area contributed by atoms with Gasteiger partial charge >= 0.3 is 0 Å². The number of rotatable bonds is 4. The van der Waals surface area contributed by atoms with E-state index in [0.717, 1.165) is 18.4 Å². The summed E-state index contributed by atoms with van der Waals surface area (Å²) in [5, 5.41) is 5.79. The minimum Gasteiger partial charge on any atom is -0.312 e. The summed E-state index contributed by atoms with van der Waals surface area (Å²) >= 11 is 1.87. The van der Waals surface area contributed by atoms with Crippen LogP contribution in [0, 0.1) is 18.8 Å². The van der Waals surface area contributed by atoms with Crippen LogP contribution in [0.3, 0.4) is 0 Å². The van der Waals surface area contributed by atoms with Crippen molar-refractivity contribution in [1.29, 1.82) is 0 Å². The van der Waals surface area contributed by atoms with Crippen LogP contribution in [0.15, 0.2) is 11.4 Å². The van der Waals surface area contributed by atoms with Gasteiger partial charge in [-0.3, -0.25) is 0 Å². The highest BCUT2D eigenvalue weighted by Gasteiger charge is 2.20. The van der Waals surface area contributed by atoms with Crippen molar-refractivity contribution in [3.05, 3.63) is 21.9 Å². The van der Waals surface area contributed by atoms with Gasteiger partial charge in [0, 0.05) is 11.4 Å². The summed E-state index contributed by atoms with van der Waals surface area (Å²) in [6.07, 6.45) is 4.29. The van der Waals surface area contributed by atoms with E-state index in [1.54, 1.807) is 0 Å². The van der Waals surface area contributed by atoms with Gasteiger partial charge in [0.2, 0.25) is 0 Å². The van der Waals surface area contributed by atoms with E-state index in [4.69, 9.17) is 0 Å². The molecule has 2 atom stereocenters. The number of thiophene rings is 1. The predicted molar refractivity (Wildman–Crippen MR) is 67.3 cm³/mol. The van der Waals surface area contributed by atoms with E-state index >= 15 is 0 Å². The number of nitrogens with one attached hydrogen (secondary N) is 1. The monoisotopic (exact) mass is 223 g/mol. The average Bonchev–Trinajstić information content (AvgIpc) is 2.77. The van der Waals surface area contributed by atoms with Gasteiger partial charge in [-0.1, -0.05) is 13.3 Å². The van der Waals surface area contributed by atoms with Crippen molar-refractivity contribution >= 4 is 11.3 Å². The van der Waals surface area contributed by atoms with Crippen LogP contribution in [-0.4, -0.2) is 6.54 Å². The lowest BCUT2D eigenvalue weighted by molar-refractivity contribution is 0.471. The first-order valence-corrected chi connectivity index (χ1v) is 6.87. The van der Waals surface area contributed by atoms with Gasteiger partial charge in [-0.25, -0.2) is 0 Å². The van der Waals surface area contributed by atoms with Gasteiger partial charge in [-0.05, 0) is 55.2 Å². The molecule has 0 saturated heterocycles. The molecule has 1 aromatic rings. The Hall–Kier alpha value is -0.340. The minimum atomic E-state index is 0.931. The lowest BCUT2D eigenvalue weighted by Gasteiger charge is -2.10. The first-order chi connectivity index (χ1) is 7.25. The van der Waals surface area contributed by atoms with Gasteiger partial charge in [-0.2, -0.15) is 0 Å². The van der Waals surface area contributed by atoms with Crippen LogP contribution < -0.4 is 5.32 Å². The fraction of sp³-hybridized carbons (Fsp3) is 0.692. The van der Waals surface area contributed by atoms with Crippen molar-refractivity contribution in [2.24, 2.45) is 11.8 Å². The smallest absolute Gasteiger partial charge is 0.0302 e. The summed E-state index contributed by atoms with van der Waals surface area (Å²) in [7, 11) is 0. The Morgan fingerprint density at radius 2 is 2.33 bits per heavy atom. The molecule has 15 heavy (non-hydrogen) atoms. The Balaban J connectivity index is 1.69. The third-order valence-electron chi connectivity index (χ3n) is 3.49. The van der Waals surface area contributed by atoms with Crippen LogP contribution in [0.5, 0.6) is 0 Å². The summed E-state index contributed by atoms with van der Waals surface area (Å²) < 4.78 is 0. The third kappa shape index (κ3) is 3.05. The van der Waals surface area contributed by atoms with Crippen molar-refractivity contribution in [3.8, 4) is 0 Å². The van der Waals surface area contributed by atoms with Crippen LogP contribution in [-0.2, 0) is 6.54 Å². The van der Waals surface area contributed by atoms with Crippen LogP contribution >= 0.6 is 11.3 Å². The second kappa shape index (κ2) is 5.13. The molecule has 1 aliphatic carbocycles. The Labute approximate surface area is 96.9 Å². The maximum atomic E-state index is 3.60. The molecule has 1 aromatic heterocycles. The minimum absolute atomic E-state index is 0.931. The molecule has 0 spiro atoms. The van der Waals surface area contributed by atoms with Gasteiger partial charge < -0.3 is 5.32 Å². The molecule has 2 unspecified atom stereocenters. The molecule has 1 aliphatic rings. The van der Waals surface area contributed by atoms with Gasteiger partial charge in [0.15, 0.2) is 0 Å². The highest BCUT2D eigenvalue weighted by molar-refractivity contribution is 7.10. The zero-order valence-corrected chi connectivity index (χ0v) is 10.6. The van der Waals surface area contributed by atoms with Gasteiger partial charge in [0.25, 0.3) is 0 Å². The molecule has 2 heteroatoms. The van der Waals surface area contributed by atoms with E-state index < -0.39 is 0 Å². The largest absolute Gasteiger partial charge is 0.312 e. The molecule has 1 N–H and O–H groups in total. The second-order valence-corrected chi connectivity index (χ2v) is 5.94.